The van der Waals surface area contributed by atoms with Gasteiger partial charge in [0.25, 0.3) is 0 Å². The summed E-state index contributed by atoms with van der Waals surface area (Å²) in [6.45, 7) is 2.19. The molecule has 1 atom stereocenters. The summed E-state index contributed by atoms with van der Waals surface area (Å²) in [5.74, 6) is 0.893. The lowest BCUT2D eigenvalue weighted by atomic mass is 10.2. The number of unbranched alkanes of at least 4 members (excludes halogenated alkanes) is 1. The molecule has 1 unspecified atom stereocenters. The molecule has 4 nitrogen and oxygen atoms in total. The first-order valence-corrected chi connectivity index (χ1v) is 7.34. The van der Waals surface area contributed by atoms with Gasteiger partial charge in [-0.2, -0.15) is 0 Å². The van der Waals surface area contributed by atoms with Crippen LogP contribution in [0.2, 0.25) is 0 Å². The molecule has 1 aliphatic heterocycles. The Balaban J connectivity index is 1.83. The molecule has 3 heterocycles. The average molecular weight is 276 g/mol. The first-order chi connectivity index (χ1) is 9.38. The molecule has 0 amide bonds. The Kier molecular flexibility index (Phi) is 3.55. The molecule has 100 valence electrons. The number of thiazole rings is 1. The fraction of sp³-hybridized carbons (Fsp3) is 0.357. The Hall–Kier alpha value is -1.75. The maximum absolute atomic E-state index is 6.06. The number of aromatic nitrogens is 1. The van der Waals surface area contributed by atoms with Crippen LogP contribution in [0.1, 0.15) is 31.1 Å². The van der Waals surface area contributed by atoms with E-state index in [1.807, 2.05) is 24.0 Å². The molecular formula is C14H16N2O2S. The van der Waals surface area contributed by atoms with E-state index < -0.39 is 0 Å². The summed E-state index contributed by atoms with van der Waals surface area (Å²) in [6, 6.07) is 1.95. The van der Waals surface area contributed by atoms with Gasteiger partial charge in [0.1, 0.15) is 6.26 Å². The lowest BCUT2D eigenvalue weighted by Crippen LogP contribution is -2.27. The summed E-state index contributed by atoms with van der Waals surface area (Å²) in [6.07, 6.45) is 10.7. The molecule has 0 aliphatic carbocycles. The summed E-state index contributed by atoms with van der Waals surface area (Å²) >= 11 is 1.59. The van der Waals surface area contributed by atoms with E-state index in [0.717, 1.165) is 35.6 Å². The van der Waals surface area contributed by atoms with Gasteiger partial charge < -0.3 is 14.1 Å². The maximum Gasteiger partial charge on any atom is 0.176 e. The first-order valence-electron chi connectivity index (χ1n) is 6.46. The Morgan fingerprint density at radius 3 is 3.11 bits per heavy atom. The highest BCUT2D eigenvalue weighted by Crippen LogP contribution is 2.34. The van der Waals surface area contributed by atoms with Crippen molar-refractivity contribution in [3.63, 3.8) is 0 Å². The SMILES string of the molecule is CCCCC1OC(c2cncs2)=CN1c1ccoc1. The predicted molar refractivity (Wildman–Crippen MR) is 75.7 cm³/mol. The molecule has 0 radical (unpaired) electrons. The van der Waals surface area contributed by atoms with Crippen LogP contribution >= 0.6 is 11.3 Å². The standard InChI is InChI=1S/C14H16N2O2S/c1-2-3-4-14-16(11-5-6-17-9-11)8-12(18-14)13-7-15-10-19-13/h5-10,14H,2-4H2,1H3. The second-order valence-corrected chi connectivity index (χ2v) is 5.35. The van der Waals surface area contributed by atoms with Crippen molar-refractivity contribution in [3.8, 4) is 0 Å². The highest BCUT2D eigenvalue weighted by atomic mass is 32.1. The zero-order valence-electron chi connectivity index (χ0n) is 10.8. The third kappa shape index (κ3) is 2.51. The minimum atomic E-state index is 0.0506. The predicted octanol–water partition coefficient (Wildman–Crippen LogP) is 4.09. The fourth-order valence-corrected chi connectivity index (χ4v) is 2.70. The molecule has 2 aromatic heterocycles. The van der Waals surface area contributed by atoms with Gasteiger partial charge in [0.15, 0.2) is 12.0 Å². The van der Waals surface area contributed by atoms with Crippen LogP contribution in [0.5, 0.6) is 0 Å². The monoisotopic (exact) mass is 276 g/mol. The second kappa shape index (κ2) is 5.48. The smallest absolute Gasteiger partial charge is 0.176 e. The Bertz CT molecular complexity index is 534. The van der Waals surface area contributed by atoms with Crippen molar-refractivity contribution in [3.05, 3.63) is 41.4 Å². The van der Waals surface area contributed by atoms with Crippen molar-refractivity contribution in [2.45, 2.75) is 32.4 Å². The molecule has 0 spiro atoms. The molecule has 0 saturated carbocycles. The summed E-state index contributed by atoms with van der Waals surface area (Å²) in [4.78, 5) is 7.30. The first kappa shape index (κ1) is 12.3. The van der Waals surface area contributed by atoms with Crippen LogP contribution in [0.3, 0.4) is 0 Å². The van der Waals surface area contributed by atoms with Crippen LogP contribution in [0.15, 0.2) is 40.9 Å². The Labute approximate surface area is 116 Å². The minimum absolute atomic E-state index is 0.0506. The average Bonchev–Trinajstić information content (AvgIpc) is 3.14. The fourth-order valence-electron chi connectivity index (χ4n) is 2.12. The molecule has 0 N–H and O–H groups in total. The van der Waals surface area contributed by atoms with E-state index in [4.69, 9.17) is 9.15 Å². The summed E-state index contributed by atoms with van der Waals surface area (Å²) in [5.41, 5.74) is 2.85. The molecule has 0 aromatic carbocycles. The highest BCUT2D eigenvalue weighted by Gasteiger charge is 2.28. The van der Waals surface area contributed by atoms with Crippen LogP contribution in [0.25, 0.3) is 5.76 Å². The summed E-state index contributed by atoms with van der Waals surface area (Å²) in [7, 11) is 0. The van der Waals surface area contributed by atoms with Crippen molar-refractivity contribution in [2.75, 3.05) is 4.90 Å². The van der Waals surface area contributed by atoms with Gasteiger partial charge in [-0.15, -0.1) is 11.3 Å². The van der Waals surface area contributed by atoms with Gasteiger partial charge >= 0.3 is 0 Å². The van der Waals surface area contributed by atoms with Crippen molar-refractivity contribution in [1.82, 2.24) is 4.98 Å². The van der Waals surface area contributed by atoms with E-state index in [9.17, 15) is 0 Å². The quantitative estimate of drug-likeness (QED) is 0.824. The second-order valence-electron chi connectivity index (χ2n) is 4.46. The van der Waals surface area contributed by atoms with Crippen molar-refractivity contribution in [2.24, 2.45) is 0 Å². The minimum Gasteiger partial charge on any atom is -0.470 e. The topological polar surface area (TPSA) is 38.5 Å². The molecule has 0 bridgehead atoms. The third-order valence-electron chi connectivity index (χ3n) is 3.11. The molecule has 3 rings (SSSR count). The van der Waals surface area contributed by atoms with E-state index in [-0.39, 0.29) is 6.23 Å². The lowest BCUT2D eigenvalue weighted by molar-refractivity contribution is 0.179. The molecule has 2 aromatic rings. The number of ether oxygens (including phenoxy) is 1. The number of hydrogen-bond acceptors (Lipinski definition) is 5. The van der Waals surface area contributed by atoms with E-state index in [0.29, 0.717) is 0 Å². The third-order valence-corrected chi connectivity index (χ3v) is 3.90. The molecule has 19 heavy (non-hydrogen) atoms. The number of anilines is 1. The number of furan rings is 1. The Morgan fingerprint density at radius 2 is 2.42 bits per heavy atom. The van der Waals surface area contributed by atoms with Crippen LogP contribution in [0.4, 0.5) is 5.69 Å². The molecule has 1 aliphatic rings. The van der Waals surface area contributed by atoms with E-state index in [2.05, 4.69) is 16.8 Å². The Morgan fingerprint density at radius 1 is 1.47 bits per heavy atom. The van der Waals surface area contributed by atoms with Gasteiger partial charge in [-0.05, 0) is 6.42 Å². The number of rotatable bonds is 5. The lowest BCUT2D eigenvalue weighted by Gasteiger charge is -2.22. The van der Waals surface area contributed by atoms with Crippen LogP contribution in [-0.2, 0) is 4.74 Å². The van der Waals surface area contributed by atoms with Crippen molar-refractivity contribution in [1.29, 1.82) is 0 Å². The molecule has 0 fully saturated rings. The summed E-state index contributed by atoms with van der Waals surface area (Å²) in [5, 5.41) is 0. The zero-order chi connectivity index (χ0) is 13.1. The van der Waals surface area contributed by atoms with Crippen LogP contribution < -0.4 is 4.90 Å². The van der Waals surface area contributed by atoms with Gasteiger partial charge in [-0.1, -0.05) is 13.3 Å². The van der Waals surface area contributed by atoms with Gasteiger partial charge in [0.2, 0.25) is 0 Å². The molecule has 0 saturated heterocycles. The normalized spacial score (nSPS) is 18.5. The summed E-state index contributed by atoms with van der Waals surface area (Å²) < 4.78 is 11.2. The van der Waals surface area contributed by atoms with Gasteiger partial charge in [0.05, 0.1) is 28.5 Å². The number of nitrogens with zero attached hydrogens (tertiary/aromatic N) is 2. The van der Waals surface area contributed by atoms with Crippen LogP contribution in [0, 0.1) is 0 Å². The van der Waals surface area contributed by atoms with Gasteiger partial charge in [0, 0.05) is 18.7 Å². The van der Waals surface area contributed by atoms with Crippen LogP contribution in [-0.4, -0.2) is 11.2 Å². The van der Waals surface area contributed by atoms with E-state index in [1.54, 1.807) is 23.9 Å². The largest absolute Gasteiger partial charge is 0.470 e. The molecular weight excluding hydrogens is 260 g/mol. The van der Waals surface area contributed by atoms with Crippen molar-refractivity contribution < 1.29 is 9.15 Å². The van der Waals surface area contributed by atoms with Gasteiger partial charge in [-0.3, -0.25) is 4.98 Å². The number of hydrogen-bond donors (Lipinski definition) is 0. The van der Waals surface area contributed by atoms with E-state index >= 15 is 0 Å². The highest BCUT2D eigenvalue weighted by molar-refractivity contribution is 7.10. The van der Waals surface area contributed by atoms with Gasteiger partial charge in [-0.25, -0.2) is 0 Å². The molecule has 5 heteroatoms. The van der Waals surface area contributed by atoms with Crippen molar-refractivity contribution >= 4 is 22.8 Å². The maximum atomic E-state index is 6.06. The zero-order valence-corrected chi connectivity index (χ0v) is 11.6. The van der Waals surface area contributed by atoms with E-state index in [1.165, 1.54) is 0 Å².